The molecule has 2 heterocycles. The molecular formula is C29H38N2O7. The van der Waals surface area contributed by atoms with E-state index >= 15 is 0 Å². The third-order valence-corrected chi connectivity index (χ3v) is 8.05. The first-order valence-corrected chi connectivity index (χ1v) is 13.6. The molecule has 1 aromatic rings. The molecule has 2 bridgehead atoms. The van der Waals surface area contributed by atoms with E-state index in [1.807, 2.05) is 32.9 Å². The van der Waals surface area contributed by atoms with E-state index in [1.54, 1.807) is 0 Å². The molecule has 0 aromatic heterocycles. The van der Waals surface area contributed by atoms with Crippen LogP contribution >= 0.6 is 0 Å². The maximum Gasteiger partial charge on any atom is 0.407 e. The zero-order valence-corrected chi connectivity index (χ0v) is 22.9. The van der Waals surface area contributed by atoms with E-state index in [4.69, 9.17) is 18.9 Å². The molecule has 5 rings (SSSR count). The Kier molecular flexibility index (Phi) is 6.92. The number of hydrogen-bond donors (Lipinski definition) is 1. The summed E-state index contributed by atoms with van der Waals surface area (Å²) in [6.07, 6.45) is 6.46. The fourth-order valence-corrected chi connectivity index (χ4v) is 6.85. The van der Waals surface area contributed by atoms with Gasteiger partial charge in [0.25, 0.3) is 0 Å². The largest absolute Gasteiger partial charge is 0.481 e. The summed E-state index contributed by atoms with van der Waals surface area (Å²) in [5.74, 6) is 0.494. The maximum atomic E-state index is 11.9. The van der Waals surface area contributed by atoms with E-state index in [9.17, 15) is 14.4 Å². The van der Waals surface area contributed by atoms with Crippen LogP contribution in [0.25, 0.3) is 0 Å². The molecule has 38 heavy (non-hydrogen) atoms. The molecule has 1 amide bonds. The maximum absolute atomic E-state index is 11.9. The fourth-order valence-electron chi connectivity index (χ4n) is 6.85. The molecule has 1 aromatic carbocycles. The molecule has 1 N–H and O–H groups in total. The monoisotopic (exact) mass is 526 g/mol. The van der Waals surface area contributed by atoms with Gasteiger partial charge in [0, 0.05) is 43.3 Å². The molecule has 4 aliphatic rings. The lowest BCUT2D eigenvalue weighted by Crippen LogP contribution is -2.65. The first-order chi connectivity index (χ1) is 18.0. The molecule has 1 saturated heterocycles. The van der Waals surface area contributed by atoms with Gasteiger partial charge < -0.3 is 24.3 Å². The van der Waals surface area contributed by atoms with Crippen molar-refractivity contribution >= 4 is 18.0 Å². The van der Waals surface area contributed by atoms with Gasteiger partial charge in [-0.2, -0.15) is 0 Å². The third-order valence-electron chi connectivity index (χ3n) is 8.05. The van der Waals surface area contributed by atoms with Gasteiger partial charge in [0.1, 0.15) is 11.7 Å². The van der Waals surface area contributed by atoms with Gasteiger partial charge in [0.05, 0.1) is 0 Å². The lowest BCUT2D eigenvalue weighted by Gasteiger charge is -2.57. The number of alkyl carbamates (subject to hydrolysis) is 1. The summed E-state index contributed by atoms with van der Waals surface area (Å²) in [5.41, 5.74) is 1.47. The highest BCUT2D eigenvalue weighted by atomic mass is 16.6. The molecule has 2 aliphatic heterocycles. The van der Waals surface area contributed by atoms with Crippen molar-refractivity contribution in [3.05, 3.63) is 35.4 Å². The Morgan fingerprint density at radius 1 is 1.13 bits per heavy atom. The van der Waals surface area contributed by atoms with Crippen LogP contribution in [-0.2, 0) is 30.9 Å². The van der Waals surface area contributed by atoms with Crippen molar-refractivity contribution in [2.24, 2.45) is 5.92 Å². The second-order valence-electron chi connectivity index (χ2n) is 11.8. The second-order valence-corrected chi connectivity index (χ2v) is 11.8. The van der Waals surface area contributed by atoms with Crippen molar-refractivity contribution in [3.8, 4) is 11.5 Å². The summed E-state index contributed by atoms with van der Waals surface area (Å²) in [6.45, 7) is 10.7. The van der Waals surface area contributed by atoms with Gasteiger partial charge in [-0.05, 0) is 77.2 Å². The third kappa shape index (κ3) is 4.77. The molecule has 5 atom stereocenters. The summed E-state index contributed by atoms with van der Waals surface area (Å²) in [6, 6.07) is 4.16. The Labute approximate surface area is 223 Å². The van der Waals surface area contributed by atoms with Crippen molar-refractivity contribution in [2.75, 3.05) is 19.6 Å². The van der Waals surface area contributed by atoms with Crippen molar-refractivity contribution in [1.82, 2.24) is 10.2 Å². The molecule has 9 heteroatoms. The molecular weight excluding hydrogens is 488 g/mol. The number of amides is 1. The number of nitrogens with one attached hydrogen (secondary N) is 1. The van der Waals surface area contributed by atoms with Crippen LogP contribution < -0.4 is 14.8 Å². The van der Waals surface area contributed by atoms with Gasteiger partial charge in [0.2, 0.25) is 0 Å². The minimum atomic E-state index is -0.506. The Morgan fingerprint density at radius 3 is 2.63 bits per heavy atom. The minimum Gasteiger partial charge on any atom is -0.481 e. The highest BCUT2D eigenvalue weighted by Gasteiger charge is 2.65. The van der Waals surface area contributed by atoms with Crippen LogP contribution in [0.2, 0.25) is 0 Å². The molecule has 1 spiro atoms. The normalized spacial score (nSPS) is 28.7. The fraction of sp³-hybridized carbons (Fsp3) is 0.621. The lowest BCUT2D eigenvalue weighted by atomic mass is 9.53. The van der Waals surface area contributed by atoms with Crippen molar-refractivity contribution in [2.45, 2.75) is 89.6 Å². The van der Waals surface area contributed by atoms with Crippen LogP contribution in [0, 0.1) is 5.92 Å². The molecule has 2 aliphatic carbocycles. The molecule has 9 nitrogen and oxygen atoms in total. The summed E-state index contributed by atoms with van der Waals surface area (Å²) in [5, 5.41) is 2.84. The predicted octanol–water partition coefficient (Wildman–Crippen LogP) is 3.66. The van der Waals surface area contributed by atoms with Gasteiger partial charge in [-0.25, -0.2) is 4.79 Å². The standard InChI is InChI=1S/C29H38N2O7/c1-17(32)35-22-10-8-19-16-21-20-9-11-23(36-18(2)33)26-29(20,24(19)25(22)37-26)12-15-31(21)14-7-6-13-30-27(34)38-28(3,4)5/h8-11,20-21,23,26H,6-7,12-16H2,1-5H3,(H,30,34)/t20-,21+,23-,26-,29-/m0/s1. The highest BCUT2D eigenvalue weighted by Crippen LogP contribution is 2.63. The Balaban J connectivity index is 1.34. The first kappa shape index (κ1) is 26.5. The quantitative estimate of drug-likeness (QED) is 0.249. The van der Waals surface area contributed by atoms with Crippen molar-refractivity contribution < 1.29 is 33.3 Å². The molecule has 1 fully saturated rings. The lowest BCUT2D eigenvalue weighted by molar-refractivity contribution is -0.152. The van der Waals surface area contributed by atoms with E-state index in [2.05, 4.69) is 22.4 Å². The number of carbonyl (C=O) groups is 3. The number of esters is 2. The number of ether oxygens (including phenoxy) is 4. The van der Waals surface area contributed by atoms with E-state index < -0.39 is 17.7 Å². The van der Waals surface area contributed by atoms with Gasteiger partial charge in [-0.1, -0.05) is 12.1 Å². The van der Waals surface area contributed by atoms with Gasteiger partial charge in [-0.15, -0.1) is 0 Å². The number of carbonyl (C=O) groups excluding carboxylic acids is 3. The number of nitrogens with zero attached hydrogens (tertiary/aromatic N) is 1. The van der Waals surface area contributed by atoms with Crippen LogP contribution in [0.4, 0.5) is 4.79 Å². The number of piperidine rings is 1. The number of benzene rings is 1. The average molecular weight is 527 g/mol. The Bertz CT molecular complexity index is 1160. The van der Waals surface area contributed by atoms with E-state index in [0.717, 1.165) is 44.3 Å². The first-order valence-electron chi connectivity index (χ1n) is 13.6. The Morgan fingerprint density at radius 2 is 1.92 bits per heavy atom. The average Bonchev–Trinajstić information content (AvgIpc) is 3.16. The molecule has 0 saturated carbocycles. The van der Waals surface area contributed by atoms with Gasteiger partial charge >= 0.3 is 18.0 Å². The molecule has 0 radical (unpaired) electrons. The van der Waals surface area contributed by atoms with Crippen LogP contribution in [0.15, 0.2) is 24.3 Å². The summed E-state index contributed by atoms with van der Waals surface area (Å²) in [4.78, 5) is 38.2. The second kappa shape index (κ2) is 9.91. The number of likely N-dealkylation sites (tertiary alicyclic amines) is 1. The van der Waals surface area contributed by atoms with E-state index in [-0.39, 0.29) is 35.5 Å². The summed E-state index contributed by atoms with van der Waals surface area (Å²) in [7, 11) is 0. The van der Waals surface area contributed by atoms with Crippen LogP contribution in [-0.4, -0.2) is 66.4 Å². The molecule has 206 valence electrons. The van der Waals surface area contributed by atoms with Gasteiger partial charge in [-0.3, -0.25) is 14.5 Å². The zero-order valence-electron chi connectivity index (χ0n) is 22.9. The zero-order chi connectivity index (χ0) is 27.2. The van der Waals surface area contributed by atoms with Gasteiger partial charge in [0.15, 0.2) is 17.6 Å². The van der Waals surface area contributed by atoms with E-state index in [0.29, 0.717) is 18.0 Å². The SMILES string of the molecule is CC(=O)Oc1ccc2c3c1O[C@H]1[C@@H](OC(C)=O)C=C[C@H]4[C@@H](C2)N(CCCCNC(=O)OC(C)(C)C)CC[C@@]341. The number of rotatable bonds is 7. The Hall–Kier alpha value is -3.07. The van der Waals surface area contributed by atoms with Crippen LogP contribution in [0.1, 0.15) is 65.0 Å². The summed E-state index contributed by atoms with van der Waals surface area (Å²) >= 11 is 0. The van der Waals surface area contributed by atoms with Crippen molar-refractivity contribution in [3.63, 3.8) is 0 Å². The number of hydrogen-bond acceptors (Lipinski definition) is 8. The highest BCUT2D eigenvalue weighted by molar-refractivity contribution is 5.73. The van der Waals surface area contributed by atoms with E-state index in [1.165, 1.54) is 19.4 Å². The predicted molar refractivity (Wildman–Crippen MR) is 139 cm³/mol. The minimum absolute atomic E-state index is 0.189. The summed E-state index contributed by atoms with van der Waals surface area (Å²) < 4.78 is 23.1. The van der Waals surface area contributed by atoms with Crippen LogP contribution in [0.3, 0.4) is 0 Å². The topological polar surface area (TPSA) is 103 Å². The van der Waals surface area contributed by atoms with Crippen molar-refractivity contribution in [1.29, 1.82) is 0 Å². The smallest absolute Gasteiger partial charge is 0.407 e. The van der Waals surface area contributed by atoms with Crippen LogP contribution in [0.5, 0.6) is 11.5 Å². The molecule has 0 unspecified atom stereocenters. The number of unbranched alkanes of at least 4 members (excludes halogenated alkanes) is 1.